The number of amides is 1. The number of fused-ring (bicyclic) bond motifs is 1. The number of halogens is 3. The average Bonchev–Trinajstić information content (AvgIpc) is 2.54. The number of nitrogens with zero attached hydrogens (tertiary/aromatic N) is 3. The van der Waals surface area contributed by atoms with Gasteiger partial charge >= 0.3 is 6.18 Å². The molecular weight excluding hydrogens is 323 g/mol. The largest absolute Gasteiger partial charge is 0.409 e. The fraction of sp³-hybridized carbons (Fsp3) is 0.312. The summed E-state index contributed by atoms with van der Waals surface area (Å²) < 4.78 is 41.2. The first kappa shape index (κ1) is 16.2. The zero-order valence-electron chi connectivity index (χ0n) is 12.5. The molecule has 0 fully saturated rings. The lowest BCUT2D eigenvalue weighted by atomic mass is 10.1. The SMILES string of the molecule is O=C(Cc1ccccc1)N1c2nccc(=O)n2CCC1C(F)(F)F. The van der Waals surface area contributed by atoms with Gasteiger partial charge in [-0.25, -0.2) is 4.98 Å². The van der Waals surface area contributed by atoms with Gasteiger partial charge in [-0.15, -0.1) is 0 Å². The van der Waals surface area contributed by atoms with Crippen molar-refractivity contribution in [3.8, 4) is 0 Å². The van der Waals surface area contributed by atoms with Gasteiger partial charge in [0, 0.05) is 18.8 Å². The first-order valence-electron chi connectivity index (χ1n) is 7.36. The second kappa shape index (κ2) is 6.10. The summed E-state index contributed by atoms with van der Waals surface area (Å²) in [5.41, 5.74) is 0.122. The Kier molecular flexibility index (Phi) is 4.13. The maximum atomic E-state index is 13.4. The predicted octanol–water partition coefficient (Wildman–Crippen LogP) is 2.15. The number of carbonyl (C=O) groups is 1. The fourth-order valence-electron chi connectivity index (χ4n) is 2.80. The number of rotatable bonds is 2. The van der Waals surface area contributed by atoms with Crippen LogP contribution in [0.1, 0.15) is 12.0 Å². The Bertz CT molecular complexity index is 802. The van der Waals surface area contributed by atoms with Crippen molar-refractivity contribution in [2.45, 2.75) is 31.6 Å². The Morgan fingerprint density at radius 3 is 2.58 bits per heavy atom. The molecule has 3 rings (SSSR count). The topological polar surface area (TPSA) is 55.2 Å². The van der Waals surface area contributed by atoms with E-state index >= 15 is 0 Å². The third kappa shape index (κ3) is 3.04. The number of carbonyl (C=O) groups excluding carboxylic acids is 1. The van der Waals surface area contributed by atoms with E-state index in [0.29, 0.717) is 10.5 Å². The summed E-state index contributed by atoms with van der Waals surface area (Å²) in [5, 5.41) is 0. The Morgan fingerprint density at radius 2 is 1.92 bits per heavy atom. The monoisotopic (exact) mass is 337 g/mol. The van der Waals surface area contributed by atoms with Crippen LogP contribution >= 0.6 is 0 Å². The molecule has 0 aliphatic carbocycles. The van der Waals surface area contributed by atoms with Crippen LogP contribution in [0.2, 0.25) is 0 Å². The standard InChI is InChI=1S/C16H14F3N3O2/c17-16(18,19)12-7-9-21-13(23)6-8-20-15(21)22(12)14(24)10-11-4-2-1-3-5-11/h1-6,8,12H,7,9-10H2. The van der Waals surface area contributed by atoms with Gasteiger partial charge in [-0.1, -0.05) is 30.3 Å². The minimum atomic E-state index is -4.59. The zero-order valence-corrected chi connectivity index (χ0v) is 12.5. The molecule has 1 amide bonds. The molecule has 1 aliphatic rings. The van der Waals surface area contributed by atoms with Crippen molar-refractivity contribution < 1.29 is 18.0 Å². The number of hydrogen-bond donors (Lipinski definition) is 0. The van der Waals surface area contributed by atoms with Crippen molar-refractivity contribution in [1.82, 2.24) is 9.55 Å². The predicted molar refractivity (Wildman–Crippen MR) is 80.6 cm³/mol. The van der Waals surface area contributed by atoms with Crippen molar-refractivity contribution in [1.29, 1.82) is 0 Å². The third-order valence-corrected chi connectivity index (χ3v) is 3.91. The van der Waals surface area contributed by atoms with Gasteiger partial charge in [0.05, 0.1) is 6.42 Å². The Balaban J connectivity index is 2.01. The Hall–Kier alpha value is -2.64. The van der Waals surface area contributed by atoms with Crippen molar-refractivity contribution in [2.75, 3.05) is 4.90 Å². The molecule has 8 heteroatoms. The highest BCUT2D eigenvalue weighted by Crippen LogP contribution is 2.33. The second-order valence-corrected chi connectivity index (χ2v) is 5.51. The minimum Gasteiger partial charge on any atom is -0.278 e. The number of aromatic nitrogens is 2. The van der Waals surface area contributed by atoms with Crippen LogP contribution in [0.3, 0.4) is 0 Å². The molecular formula is C16H14F3N3O2. The fourth-order valence-corrected chi connectivity index (χ4v) is 2.80. The first-order chi connectivity index (χ1) is 11.4. The molecule has 1 unspecified atom stereocenters. The highest BCUT2D eigenvalue weighted by atomic mass is 19.4. The van der Waals surface area contributed by atoms with Crippen molar-refractivity contribution in [2.24, 2.45) is 0 Å². The molecule has 1 aromatic heterocycles. The summed E-state index contributed by atoms with van der Waals surface area (Å²) in [5.74, 6) is -0.993. The molecule has 1 aliphatic heterocycles. The van der Waals surface area contributed by atoms with Gasteiger partial charge in [0.1, 0.15) is 6.04 Å². The van der Waals surface area contributed by atoms with Gasteiger partial charge in [-0.05, 0) is 12.0 Å². The van der Waals surface area contributed by atoms with Gasteiger partial charge in [0.15, 0.2) is 0 Å². The lowest BCUT2D eigenvalue weighted by Gasteiger charge is -2.37. The first-order valence-corrected chi connectivity index (χ1v) is 7.36. The van der Waals surface area contributed by atoms with E-state index in [1.165, 1.54) is 0 Å². The summed E-state index contributed by atoms with van der Waals surface area (Å²) >= 11 is 0. The molecule has 0 bridgehead atoms. The van der Waals surface area contributed by atoms with Crippen LogP contribution < -0.4 is 10.5 Å². The van der Waals surface area contributed by atoms with Gasteiger partial charge in [0.25, 0.3) is 5.56 Å². The van der Waals surface area contributed by atoms with E-state index in [0.717, 1.165) is 16.8 Å². The zero-order chi connectivity index (χ0) is 17.3. The molecule has 0 spiro atoms. The van der Waals surface area contributed by atoms with E-state index in [2.05, 4.69) is 4.98 Å². The molecule has 126 valence electrons. The van der Waals surface area contributed by atoms with E-state index in [9.17, 15) is 22.8 Å². The van der Waals surface area contributed by atoms with Crippen LogP contribution in [0.5, 0.6) is 0 Å². The lowest BCUT2D eigenvalue weighted by molar-refractivity contribution is -0.157. The molecule has 2 heterocycles. The number of alkyl halides is 3. The number of benzene rings is 1. The van der Waals surface area contributed by atoms with Gasteiger partial charge in [-0.3, -0.25) is 19.1 Å². The molecule has 1 aromatic carbocycles. The summed E-state index contributed by atoms with van der Waals surface area (Å²) in [7, 11) is 0. The van der Waals surface area contributed by atoms with Crippen LogP contribution in [0.4, 0.5) is 19.1 Å². The molecule has 24 heavy (non-hydrogen) atoms. The van der Waals surface area contributed by atoms with Crippen LogP contribution in [0, 0.1) is 0 Å². The van der Waals surface area contributed by atoms with Crippen molar-refractivity contribution >= 4 is 11.9 Å². The molecule has 1 atom stereocenters. The van der Waals surface area contributed by atoms with E-state index in [1.54, 1.807) is 30.3 Å². The molecule has 0 N–H and O–H groups in total. The minimum absolute atomic E-state index is 0.124. The lowest BCUT2D eigenvalue weighted by Crippen LogP contribution is -2.55. The molecule has 0 saturated heterocycles. The molecule has 0 saturated carbocycles. The smallest absolute Gasteiger partial charge is 0.278 e. The third-order valence-electron chi connectivity index (χ3n) is 3.91. The highest BCUT2D eigenvalue weighted by molar-refractivity contribution is 5.94. The quantitative estimate of drug-likeness (QED) is 0.844. The van der Waals surface area contributed by atoms with Gasteiger partial charge in [-0.2, -0.15) is 13.2 Å². The molecule has 2 aromatic rings. The van der Waals surface area contributed by atoms with Crippen molar-refractivity contribution in [3.05, 3.63) is 58.5 Å². The van der Waals surface area contributed by atoms with Crippen molar-refractivity contribution in [3.63, 3.8) is 0 Å². The maximum absolute atomic E-state index is 13.4. The Labute approximate surface area is 135 Å². The highest BCUT2D eigenvalue weighted by Gasteiger charge is 2.48. The Morgan fingerprint density at radius 1 is 1.21 bits per heavy atom. The van der Waals surface area contributed by atoms with Crippen LogP contribution in [-0.2, 0) is 17.8 Å². The van der Waals surface area contributed by atoms with E-state index in [4.69, 9.17) is 0 Å². The summed E-state index contributed by atoms with van der Waals surface area (Å²) in [6.45, 7) is -0.124. The van der Waals surface area contributed by atoms with Gasteiger partial charge in [0.2, 0.25) is 11.9 Å². The van der Waals surface area contributed by atoms with E-state index in [1.807, 2.05) is 0 Å². The summed E-state index contributed by atoms with van der Waals surface area (Å²) in [6.07, 6.45) is -4.04. The van der Waals surface area contributed by atoms with E-state index < -0.39 is 23.7 Å². The number of hydrogen-bond acceptors (Lipinski definition) is 3. The van der Waals surface area contributed by atoms with Crippen LogP contribution in [0.15, 0.2) is 47.4 Å². The van der Waals surface area contributed by atoms with E-state index in [-0.39, 0.29) is 25.3 Å². The summed E-state index contributed by atoms with van der Waals surface area (Å²) in [6, 6.07) is 7.67. The second-order valence-electron chi connectivity index (χ2n) is 5.51. The molecule has 5 nitrogen and oxygen atoms in total. The summed E-state index contributed by atoms with van der Waals surface area (Å²) in [4.78, 5) is 28.9. The van der Waals surface area contributed by atoms with Gasteiger partial charge < -0.3 is 0 Å². The van der Waals surface area contributed by atoms with Crippen LogP contribution in [-0.4, -0.2) is 27.7 Å². The normalized spacial score (nSPS) is 17.5. The number of anilines is 1. The average molecular weight is 337 g/mol. The van der Waals surface area contributed by atoms with Crippen LogP contribution in [0.25, 0.3) is 0 Å². The molecule has 0 radical (unpaired) electrons. The maximum Gasteiger partial charge on any atom is 0.409 e.